The summed E-state index contributed by atoms with van der Waals surface area (Å²) in [6.07, 6.45) is 1.13. The fourth-order valence-corrected chi connectivity index (χ4v) is 2.79. The summed E-state index contributed by atoms with van der Waals surface area (Å²) >= 11 is 0. The molecule has 1 aliphatic heterocycles. The van der Waals surface area contributed by atoms with Crippen LogP contribution in [0.3, 0.4) is 0 Å². The minimum absolute atomic E-state index is 0.0687. The highest BCUT2D eigenvalue weighted by molar-refractivity contribution is 6.05. The van der Waals surface area contributed by atoms with Crippen molar-refractivity contribution in [2.75, 3.05) is 13.7 Å². The maximum atomic E-state index is 12.9. The first-order valence-electron chi connectivity index (χ1n) is 8.13. The fourth-order valence-electron chi connectivity index (χ4n) is 2.79. The van der Waals surface area contributed by atoms with Crippen molar-refractivity contribution in [3.8, 4) is 17.2 Å². The Morgan fingerprint density at radius 1 is 1.19 bits per heavy atom. The molecule has 0 spiro atoms. The first-order valence-corrected chi connectivity index (χ1v) is 8.13. The van der Waals surface area contributed by atoms with E-state index in [0.29, 0.717) is 25.6 Å². The summed E-state index contributed by atoms with van der Waals surface area (Å²) in [5, 5.41) is 9.98. The van der Waals surface area contributed by atoms with E-state index in [1.165, 1.54) is 19.2 Å². The van der Waals surface area contributed by atoms with Crippen molar-refractivity contribution in [1.29, 1.82) is 0 Å². The quantitative estimate of drug-likeness (QED) is 0.858. The molecule has 26 heavy (non-hydrogen) atoms. The lowest BCUT2D eigenvalue weighted by molar-refractivity contribution is -0.158. The molecule has 2 aromatic carbocycles. The molecule has 3 rings (SSSR count). The number of phenols is 1. The van der Waals surface area contributed by atoms with Crippen molar-refractivity contribution < 1.29 is 23.4 Å². The number of hydrogen-bond acceptors (Lipinski definition) is 4. The van der Waals surface area contributed by atoms with Gasteiger partial charge in [0.15, 0.2) is 11.5 Å². The Morgan fingerprint density at radius 3 is 2.58 bits per heavy atom. The van der Waals surface area contributed by atoms with Gasteiger partial charge in [0.05, 0.1) is 13.7 Å². The Balaban J connectivity index is 1.86. The van der Waals surface area contributed by atoms with Gasteiger partial charge >= 0.3 is 6.11 Å². The number of phenolic OH excluding ortho intramolecular Hbond substituents is 1. The monoisotopic (exact) mass is 359 g/mol. The molecule has 1 aliphatic rings. The number of halogens is 2. The van der Waals surface area contributed by atoms with E-state index in [9.17, 15) is 13.9 Å². The Morgan fingerprint density at radius 2 is 1.92 bits per heavy atom. The van der Waals surface area contributed by atoms with Crippen LogP contribution >= 0.6 is 0 Å². The summed E-state index contributed by atoms with van der Waals surface area (Å²) in [7, 11) is 1.49. The van der Waals surface area contributed by atoms with Gasteiger partial charge in [-0.15, -0.1) is 0 Å². The molecule has 0 unspecified atom stereocenters. The lowest BCUT2D eigenvalue weighted by Gasteiger charge is -2.14. The minimum Gasteiger partial charge on any atom is -0.504 e. The van der Waals surface area contributed by atoms with Gasteiger partial charge in [-0.3, -0.25) is 4.99 Å². The van der Waals surface area contributed by atoms with Gasteiger partial charge in [0, 0.05) is 24.6 Å². The Kier molecular flexibility index (Phi) is 4.93. The first-order chi connectivity index (χ1) is 12.4. The topological polar surface area (TPSA) is 51.0 Å². The van der Waals surface area contributed by atoms with Gasteiger partial charge in [-0.1, -0.05) is 24.3 Å². The molecular formula is C20H19F2NO3. The number of nitrogens with zero attached hydrogens (tertiary/aromatic N) is 1. The zero-order chi connectivity index (χ0) is 18.7. The SMILES string of the molecule is COc1cc2c(cc1O)C=CCN=C2Cc1ccc(OC(C)(F)F)cc1. The summed E-state index contributed by atoms with van der Waals surface area (Å²) in [4.78, 5) is 4.59. The molecule has 0 fully saturated rings. The zero-order valence-corrected chi connectivity index (χ0v) is 14.5. The van der Waals surface area contributed by atoms with Crippen LogP contribution in [-0.2, 0) is 6.42 Å². The number of aromatic hydroxyl groups is 1. The van der Waals surface area contributed by atoms with Crippen LogP contribution in [0.4, 0.5) is 8.78 Å². The highest BCUT2D eigenvalue weighted by Gasteiger charge is 2.23. The molecule has 0 amide bonds. The summed E-state index contributed by atoms with van der Waals surface area (Å²) in [6, 6.07) is 9.90. The second-order valence-electron chi connectivity index (χ2n) is 6.03. The van der Waals surface area contributed by atoms with Crippen molar-refractivity contribution >= 4 is 11.8 Å². The number of alkyl halides is 2. The van der Waals surface area contributed by atoms with Gasteiger partial charge in [-0.05, 0) is 35.4 Å². The first kappa shape index (κ1) is 17.9. The van der Waals surface area contributed by atoms with E-state index in [-0.39, 0.29) is 11.5 Å². The second kappa shape index (κ2) is 7.15. The van der Waals surface area contributed by atoms with Gasteiger partial charge in [0.2, 0.25) is 0 Å². The van der Waals surface area contributed by atoms with Gasteiger partial charge in [0.25, 0.3) is 0 Å². The van der Waals surface area contributed by atoms with E-state index in [1.54, 1.807) is 24.3 Å². The van der Waals surface area contributed by atoms with E-state index in [0.717, 1.165) is 22.4 Å². The van der Waals surface area contributed by atoms with Crippen LogP contribution in [-0.4, -0.2) is 30.6 Å². The van der Waals surface area contributed by atoms with E-state index >= 15 is 0 Å². The lowest BCUT2D eigenvalue weighted by Crippen LogP contribution is -2.19. The highest BCUT2D eigenvalue weighted by Crippen LogP contribution is 2.32. The van der Waals surface area contributed by atoms with Crippen LogP contribution in [0.15, 0.2) is 47.5 Å². The summed E-state index contributed by atoms with van der Waals surface area (Å²) in [5.74, 6) is 0.553. The molecule has 0 radical (unpaired) electrons. The Bertz CT molecular complexity index is 853. The number of methoxy groups -OCH3 is 1. The average Bonchev–Trinajstić information content (AvgIpc) is 2.76. The normalized spacial score (nSPS) is 13.6. The second-order valence-corrected chi connectivity index (χ2v) is 6.03. The standard InChI is InChI=1S/C20H19F2NO3/c1-20(21,22)26-15-7-5-13(6-8-15)10-17-16-12-19(25-2)18(24)11-14(16)4-3-9-23-17/h3-8,11-12,24H,9-10H2,1-2H3. The fraction of sp³-hybridized carbons (Fsp3) is 0.250. The molecular weight excluding hydrogens is 340 g/mol. The molecule has 0 saturated heterocycles. The van der Waals surface area contributed by atoms with Crippen molar-refractivity contribution in [2.24, 2.45) is 4.99 Å². The maximum absolute atomic E-state index is 12.9. The number of hydrogen-bond donors (Lipinski definition) is 1. The van der Waals surface area contributed by atoms with Gasteiger partial charge < -0.3 is 14.6 Å². The minimum atomic E-state index is -3.21. The number of ether oxygens (including phenoxy) is 2. The Hall–Kier alpha value is -2.89. The number of benzene rings is 2. The molecule has 2 aromatic rings. The average molecular weight is 359 g/mol. The molecule has 0 aliphatic carbocycles. The third-order valence-electron chi connectivity index (χ3n) is 3.94. The van der Waals surface area contributed by atoms with Crippen LogP contribution in [0.25, 0.3) is 6.08 Å². The molecule has 1 N–H and O–H groups in total. The van der Waals surface area contributed by atoms with Crippen molar-refractivity contribution in [2.45, 2.75) is 19.5 Å². The number of fused-ring (bicyclic) bond motifs is 1. The number of aliphatic imine (C=N–C) groups is 1. The molecule has 0 saturated carbocycles. The summed E-state index contributed by atoms with van der Waals surface area (Å²) in [6.45, 7) is 1.23. The van der Waals surface area contributed by atoms with E-state index in [1.807, 2.05) is 12.2 Å². The predicted molar refractivity (Wildman–Crippen MR) is 96.5 cm³/mol. The van der Waals surface area contributed by atoms with E-state index in [4.69, 9.17) is 4.74 Å². The predicted octanol–water partition coefficient (Wildman–Crippen LogP) is 4.45. The molecule has 0 atom stereocenters. The zero-order valence-electron chi connectivity index (χ0n) is 14.5. The van der Waals surface area contributed by atoms with Crippen LogP contribution in [0.5, 0.6) is 17.2 Å². The van der Waals surface area contributed by atoms with Crippen LogP contribution in [0.2, 0.25) is 0 Å². The van der Waals surface area contributed by atoms with Crippen LogP contribution in [0.1, 0.15) is 23.6 Å². The third kappa shape index (κ3) is 4.20. The molecule has 0 bridgehead atoms. The summed E-state index contributed by atoms with van der Waals surface area (Å²) in [5.41, 5.74) is 3.46. The largest absolute Gasteiger partial charge is 0.504 e. The molecule has 4 nitrogen and oxygen atoms in total. The van der Waals surface area contributed by atoms with Gasteiger partial charge in [-0.2, -0.15) is 8.78 Å². The lowest BCUT2D eigenvalue weighted by atomic mass is 9.97. The maximum Gasteiger partial charge on any atom is 0.394 e. The van der Waals surface area contributed by atoms with Crippen LogP contribution < -0.4 is 9.47 Å². The van der Waals surface area contributed by atoms with Crippen molar-refractivity contribution in [3.63, 3.8) is 0 Å². The van der Waals surface area contributed by atoms with Gasteiger partial charge in [-0.25, -0.2) is 0 Å². The highest BCUT2D eigenvalue weighted by atomic mass is 19.3. The molecule has 136 valence electrons. The van der Waals surface area contributed by atoms with Gasteiger partial charge in [0.1, 0.15) is 5.75 Å². The third-order valence-corrected chi connectivity index (χ3v) is 3.94. The number of rotatable bonds is 5. The van der Waals surface area contributed by atoms with E-state index in [2.05, 4.69) is 9.73 Å². The summed E-state index contributed by atoms with van der Waals surface area (Å²) < 4.78 is 35.6. The van der Waals surface area contributed by atoms with Crippen LogP contribution in [0, 0.1) is 0 Å². The smallest absolute Gasteiger partial charge is 0.394 e. The van der Waals surface area contributed by atoms with Crippen molar-refractivity contribution in [3.05, 3.63) is 59.2 Å². The molecule has 0 aromatic heterocycles. The van der Waals surface area contributed by atoms with Crippen molar-refractivity contribution in [1.82, 2.24) is 0 Å². The Labute approximate surface area is 150 Å². The molecule has 1 heterocycles. The molecule has 6 heteroatoms. The van der Waals surface area contributed by atoms with E-state index < -0.39 is 6.11 Å².